The lowest BCUT2D eigenvalue weighted by Crippen LogP contribution is -2.30. The summed E-state index contributed by atoms with van der Waals surface area (Å²) in [5.74, 6) is -0.862. The Balaban J connectivity index is 4.32. The molecule has 0 radical (unpaired) electrons. The van der Waals surface area contributed by atoms with E-state index in [1.807, 2.05) is 0 Å². The van der Waals surface area contributed by atoms with Crippen molar-refractivity contribution in [2.24, 2.45) is 0 Å². The molecule has 1 unspecified atom stereocenters. The molecule has 58 heavy (non-hydrogen) atoms. The summed E-state index contributed by atoms with van der Waals surface area (Å²) in [6.45, 7) is 6.65. The van der Waals surface area contributed by atoms with Gasteiger partial charge in [-0.1, -0.05) is 232 Å². The number of unbranched alkanes of at least 4 members (excludes halogenated alkanes) is 34. The molecule has 0 saturated carbocycles. The van der Waals surface area contributed by atoms with Gasteiger partial charge in [0.05, 0.1) is 0 Å². The van der Waals surface area contributed by atoms with E-state index < -0.39 is 6.10 Å². The van der Waals surface area contributed by atoms with Crippen molar-refractivity contribution in [2.75, 3.05) is 13.2 Å². The van der Waals surface area contributed by atoms with Crippen LogP contribution in [0.2, 0.25) is 0 Å². The van der Waals surface area contributed by atoms with Crippen LogP contribution >= 0.6 is 0 Å². The Labute approximate surface area is 360 Å². The van der Waals surface area contributed by atoms with E-state index >= 15 is 0 Å². The summed E-state index contributed by atoms with van der Waals surface area (Å²) in [7, 11) is 0. The van der Waals surface area contributed by atoms with Crippen LogP contribution in [0.5, 0.6) is 0 Å². The molecule has 0 heterocycles. The van der Waals surface area contributed by atoms with E-state index in [0.717, 1.165) is 64.2 Å². The second-order valence-corrected chi connectivity index (χ2v) is 17.4. The monoisotopic (exact) mass is 819 g/mol. The van der Waals surface area contributed by atoms with Crippen LogP contribution in [-0.4, -0.2) is 37.2 Å². The van der Waals surface area contributed by atoms with Crippen LogP contribution in [0.3, 0.4) is 0 Å². The van der Waals surface area contributed by atoms with Gasteiger partial charge in [-0.2, -0.15) is 0 Å². The van der Waals surface area contributed by atoms with E-state index in [0.29, 0.717) is 19.3 Å². The Bertz CT molecular complexity index is 900. The number of hydrogen-bond acceptors (Lipinski definition) is 6. The van der Waals surface area contributed by atoms with Gasteiger partial charge < -0.3 is 14.2 Å². The smallest absolute Gasteiger partial charge is 0.306 e. The fourth-order valence-electron chi connectivity index (χ4n) is 7.61. The summed E-state index contributed by atoms with van der Waals surface area (Å²) in [5.41, 5.74) is 0. The Kier molecular flexibility index (Phi) is 46.3. The van der Waals surface area contributed by atoms with E-state index in [-0.39, 0.29) is 31.1 Å². The normalized spacial score (nSPS) is 12.0. The van der Waals surface area contributed by atoms with Crippen molar-refractivity contribution >= 4 is 17.9 Å². The lowest BCUT2D eigenvalue weighted by molar-refractivity contribution is -0.167. The van der Waals surface area contributed by atoms with Crippen molar-refractivity contribution in [3.63, 3.8) is 0 Å². The van der Waals surface area contributed by atoms with Crippen molar-refractivity contribution in [3.05, 3.63) is 12.2 Å². The van der Waals surface area contributed by atoms with Crippen molar-refractivity contribution in [2.45, 2.75) is 290 Å². The molecule has 0 N–H and O–H groups in total. The van der Waals surface area contributed by atoms with E-state index in [1.165, 1.54) is 180 Å². The third-order valence-electron chi connectivity index (χ3n) is 11.5. The maximum Gasteiger partial charge on any atom is 0.306 e. The zero-order valence-corrected chi connectivity index (χ0v) is 39.1. The number of rotatable bonds is 47. The van der Waals surface area contributed by atoms with Gasteiger partial charge in [0, 0.05) is 19.3 Å². The van der Waals surface area contributed by atoms with Gasteiger partial charge in [0.2, 0.25) is 0 Å². The van der Waals surface area contributed by atoms with Gasteiger partial charge in [0.25, 0.3) is 0 Å². The fraction of sp³-hybridized carbons (Fsp3) is 0.904. The average Bonchev–Trinajstić information content (AvgIpc) is 3.22. The first-order chi connectivity index (χ1) is 28.5. The number of allylic oxidation sites excluding steroid dienone is 2. The second-order valence-electron chi connectivity index (χ2n) is 17.4. The summed E-state index contributed by atoms with van der Waals surface area (Å²) < 4.78 is 16.8. The summed E-state index contributed by atoms with van der Waals surface area (Å²) in [6.07, 6.45) is 51.9. The molecule has 0 fully saturated rings. The van der Waals surface area contributed by atoms with E-state index in [9.17, 15) is 14.4 Å². The van der Waals surface area contributed by atoms with Crippen molar-refractivity contribution < 1.29 is 28.6 Å². The Morgan fingerprint density at radius 2 is 0.569 bits per heavy atom. The minimum atomic E-state index is -0.766. The standard InChI is InChI=1S/C52H98O6/c1-4-7-10-13-16-19-22-24-26-28-30-33-36-39-42-45-51(54)57-48-49(47-56-50(53)44-41-38-35-32-29-21-18-15-12-9-6-3)58-52(55)46-43-40-37-34-31-27-25-23-20-17-14-11-8-5-2/h23,25,49H,4-22,24,26-48H2,1-3H3/b25-23-. The lowest BCUT2D eigenvalue weighted by atomic mass is 10.0. The zero-order chi connectivity index (χ0) is 42.3. The molecule has 0 amide bonds. The molecule has 342 valence electrons. The van der Waals surface area contributed by atoms with Crippen molar-refractivity contribution in [3.8, 4) is 0 Å². The molecule has 0 aromatic heterocycles. The van der Waals surface area contributed by atoms with Crippen LogP contribution in [0, 0.1) is 0 Å². The van der Waals surface area contributed by atoms with Gasteiger partial charge in [0.1, 0.15) is 13.2 Å². The van der Waals surface area contributed by atoms with E-state index in [1.54, 1.807) is 0 Å². The Morgan fingerprint density at radius 1 is 0.328 bits per heavy atom. The molecular weight excluding hydrogens is 721 g/mol. The number of hydrogen-bond donors (Lipinski definition) is 0. The third kappa shape index (κ3) is 45.2. The second kappa shape index (κ2) is 47.8. The highest BCUT2D eigenvalue weighted by Gasteiger charge is 2.19. The molecule has 0 aromatic carbocycles. The predicted molar refractivity (Wildman–Crippen MR) is 247 cm³/mol. The van der Waals surface area contributed by atoms with Crippen LogP contribution in [0.15, 0.2) is 12.2 Å². The number of carbonyl (C=O) groups excluding carboxylic acids is 3. The largest absolute Gasteiger partial charge is 0.462 e. The summed E-state index contributed by atoms with van der Waals surface area (Å²) in [6, 6.07) is 0. The van der Waals surface area contributed by atoms with Gasteiger partial charge in [-0.05, 0) is 44.9 Å². The first-order valence-electron chi connectivity index (χ1n) is 25.7. The van der Waals surface area contributed by atoms with Crippen LogP contribution in [0.4, 0.5) is 0 Å². The minimum absolute atomic E-state index is 0.0682. The molecule has 6 nitrogen and oxygen atoms in total. The molecule has 0 aromatic rings. The van der Waals surface area contributed by atoms with Gasteiger partial charge >= 0.3 is 17.9 Å². The summed E-state index contributed by atoms with van der Waals surface area (Å²) in [4.78, 5) is 37.9. The first-order valence-corrected chi connectivity index (χ1v) is 25.7. The third-order valence-corrected chi connectivity index (χ3v) is 11.5. The van der Waals surface area contributed by atoms with E-state index in [4.69, 9.17) is 14.2 Å². The number of esters is 3. The SMILES string of the molecule is CCCCCCC/C=C\CCCCCCCC(=O)OC(COC(=O)CCCCCCCCCCCCC)COC(=O)CCCCCCCCCCCCCCCCC. The number of ether oxygens (including phenoxy) is 3. The van der Waals surface area contributed by atoms with E-state index in [2.05, 4.69) is 32.9 Å². The minimum Gasteiger partial charge on any atom is -0.462 e. The maximum absolute atomic E-state index is 12.8. The topological polar surface area (TPSA) is 78.9 Å². The summed E-state index contributed by atoms with van der Waals surface area (Å²) in [5, 5.41) is 0. The van der Waals surface area contributed by atoms with Gasteiger partial charge in [-0.15, -0.1) is 0 Å². The highest BCUT2D eigenvalue weighted by atomic mass is 16.6. The van der Waals surface area contributed by atoms with Crippen LogP contribution in [-0.2, 0) is 28.6 Å². The molecule has 0 aliphatic rings. The molecule has 0 aliphatic carbocycles. The maximum atomic E-state index is 12.8. The van der Waals surface area contributed by atoms with Gasteiger partial charge in [-0.25, -0.2) is 0 Å². The zero-order valence-electron chi connectivity index (χ0n) is 39.1. The summed E-state index contributed by atoms with van der Waals surface area (Å²) >= 11 is 0. The molecule has 1 atom stereocenters. The van der Waals surface area contributed by atoms with Gasteiger partial charge in [0.15, 0.2) is 6.10 Å². The van der Waals surface area contributed by atoms with Crippen LogP contribution < -0.4 is 0 Å². The lowest BCUT2D eigenvalue weighted by Gasteiger charge is -2.18. The predicted octanol–water partition coefficient (Wildman–Crippen LogP) is 16.6. The van der Waals surface area contributed by atoms with Crippen LogP contribution in [0.25, 0.3) is 0 Å². The highest BCUT2D eigenvalue weighted by Crippen LogP contribution is 2.16. The molecule has 0 spiro atoms. The molecule has 0 bridgehead atoms. The number of carbonyl (C=O) groups is 3. The average molecular weight is 819 g/mol. The molecule has 0 saturated heterocycles. The first kappa shape index (κ1) is 56.1. The Morgan fingerprint density at radius 3 is 0.862 bits per heavy atom. The molecule has 0 rings (SSSR count). The quantitative estimate of drug-likeness (QED) is 0.0263. The highest BCUT2D eigenvalue weighted by molar-refractivity contribution is 5.71. The molecular formula is C52H98O6. The fourth-order valence-corrected chi connectivity index (χ4v) is 7.61. The van der Waals surface area contributed by atoms with Crippen molar-refractivity contribution in [1.29, 1.82) is 0 Å². The molecule has 6 heteroatoms. The molecule has 0 aliphatic heterocycles. The van der Waals surface area contributed by atoms with Gasteiger partial charge in [-0.3, -0.25) is 14.4 Å². The van der Waals surface area contributed by atoms with Crippen molar-refractivity contribution in [1.82, 2.24) is 0 Å². The van der Waals surface area contributed by atoms with Crippen LogP contribution in [0.1, 0.15) is 284 Å². The Hall–Kier alpha value is -1.85.